The van der Waals surface area contributed by atoms with E-state index in [-0.39, 0.29) is 30.4 Å². The summed E-state index contributed by atoms with van der Waals surface area (Å²) in [5.74, 6) is -0.265. The van der Waals surface area contributed by atoms with Gasteiger partial charge in [-0.3, -0.25) is 9.59 Å². The maximum Gasteiger partial charge on any atom is 0.239 e. The molecule has 1 aliphatic carbocycles. The van der Waals surface area contributed by atoms with Crippen LogP contribution in [0.3, 0.4) is 0 Å². The van der Waals surface area contributed by atoms with Crippen LogP contribution in [0.25, 0.3) is 0 Å². The van der Waals surface area contributed by atoms with Gasteiger partial charge in [-0.1, -0.05) is 30.3 Å². The molecule has 0 bridgehead atoms. The van der Waals surface area contributed by atoms with E-state index in [0.29, 0.717) is 6.42 Å². The van der Waals surface area contributed by atoms with Crippen LogP contribution in [0.5, 0.6) is 0 Å². The van der Waals surface area contributed by atoms with Crippen LogP contribution in [0, 0.1) is 0 Å². The van der Waals surface area contributed by atoms with Crippen molar-refractivity contribution in [1.82, 2.24) is 10.6 Å². The number of hydrogen-bond acceptors (Lipinski definition) is 3. The summed E-state index contributed by atoms with van der Waals surface area (Å²) in [5.41, 5.74) is 6.77. The van der Waals surface area contributed by atoms with Gasteiger partial charge in [0.1, 0.15) is 0 Å². The fraction of sp³-hybridized carbons (Fsp3) is 0.500. The summed E-state index contributed by atoms with van der Waals surface area (Å²) < 4.78 is 0. The Bertz CT molecular complexity index is 468. The van der Waals surface area contributed by atoms with Gasteiger partial charge in [-0.15, -0.1) is 0 Å². The lowest BCUT2D eigenvalue weighted by atomic mass is 9.92. The van der Waals surface area contributed by atoms with Gasteiger partial charge in [-0.2, -0.15) is 0 Å². The van der Waals surface area contributed by atoms with E-state index in [2.05, 4.69) is 10.6 Å². The van der Waals surface area contributed by atoms with Gasteiger partial charge in [0, 0.05) is 12.1 Å². The van der Waals surface area contributed by atoms with Gasteiger partial charge in [0.15, 0.2) is 0 Å². The topological polar surface area (TPSA) is 84.2 Å². The molecule has 5 nitrogen and oxygen atoms in total. The largest absolute Gasteiger partial charge is 0.352 e. The predicted octanol–water partition coefficient (Wildman–Crippen LogP) is 0.731. The molecule has 4 N–H and O–H groups in total. The number of nitrogens with one attached hydrogen (secondary N) is 2. The molecular formula is C16H23N3O2. The SMILES string of the molecule is NC1CCC(NC(=O)CNC(=O)Cc2ccccc2)CC1. The highest BCUT2D eigenvalue weighted by molar-refractivity contribution is 5.85. The molecule has 0 spiro atoms. The zero-order valence-electron chi connectivity index (χ0n) is 12.2. The second-order valence-electron chi connectivity index (χ2n) is 5.62. The van der Waals surface area contributed by atoms with Crippen molar-refractivity contribution in [3.63, 3.8) is 0 Å². The molecule has 0 saturated heterocycles. The highest BCUT2D eigenvalue weighted by Crippen LogP contribution is 2.16. The standard InChI is InChI=1S/C16H23N3O2/c17-13-6-8-14(9-7-13)19-16(21)11-18-15(20)10-12-4-2-1-3-5-12/h1-5,13-14H,6-11,17H2,(H,18,20)(H,19,21). The molecule has 1 aromatic carbocycles. The Morgan fingerprint density at radius 1 is 1.05 bits per heavy atom. The van der Waals surface area contributed by atoms with E-state index in [9.17, 15) is 9.59 Å². The summed E-state index contributed by atoms with van der Waals surface area (Å²) in [6.07, 6.45) is 4.04. The minimum atomic E-state index is -0.137. The normalized spacial score (nSPS) is 21.6. The fourth-order valence-electron chi connectivity index (χ4n) is 2.56. The first-order valence-corrected chi connectivity index (χ1v) is 7.49. The Morgan fingerprint density at radius 2 is 1.71 bits per heavy atom. The Balaban J connectivity index is 1.65. The first kappa shape index (κ1) is 15.5. The number of nitrogens with two attached hydrogens (primary N) is 1. The second kappa shape index (κ2) is 7.78. The maximum absolute atomic E-state index is 11.8. The van der Waals surface area contributed by atoms with Crippen molar-refractivity contribution in [2.45, 2.75) is 44.2 Å². The van der Waals surface area contributed by atoms with E-state index in [4.69, 9.17) is 5.73 Å². The molecule has 0 heterocycles. The highest BCUT2D eigenvalue weighted by Gasteiger charge is 2.19. The Labute approximate surface area is 125 Å². The molecular weight excluding hydrogens is 266 g/mol. The Hall–Kier alpha value is -1.88. The zero-order valence-corrected chi connectivity index (χ0v) is 12.2. The van der Waals surface area contributed by atoms with Crippen molar-refractivity contribution in [2.24, 2.45) is 5.73 Å². The molecule has 0 radical (unpaired) electrons. The number of amides is 2. The van der Waals surface area contributed by atoms with Crippen molar-refractivity contribution in [3.05, 3.63) is 35.9 Å². The van der Waals surface area contributed by atoms with E-state index in [1.807, 2.05) is 30.3 Å². The molecule has 1 aromatic rings. The minimum Gasteiger partial charge on any atom is -0.352 e. The van der Waals surface area contributed by atoms with Gasteiger partial charge in [-0.25, -0.2) is 0 Å². The van der Waals surface area contributed by atoms with Gasteiger partial charge >= 0.3 is 0 Å². The van der Waals surface area contributed by atoms with Crippen LogP contribution in [0.2, 0.25) is 0 Å². The molecule has 1 saturated carbocycles. The molecule has 114 valence electrons. The number of carbonyl (C=O) groups is 2. The van der Waals surface area contributed by atoms with Crippen LogP contribution >= 0.6 is 0 Å². The second-order valence-corrected chi connectivity index (χ2v) is 5.62. The first-order valence-electron chi connectivity index (χ1n) is 7.49. The van der Waals surface area contributed by atoms with Gasteiger partial charge in [0.2, 0.25) is 11.8 Å². The molecule has 21 heavy (non-hydrogen) atoms. The predicted molar refractivity (Wildman–Crippen MR) is 81.5 cm³/mol. The van der Waals surface area contributed by atoms with Crippen molar-refractivity contribution in [2.75, 3.05) is 6.54 Å². The molecule has 2 rings (SSSR count). The average molecular weight is 289 g/mol. The number of benzene rings is 1. The summed E-state index contributed by atoms with van der Waals surface area (Å²) in [4.78, 5) is 23.5. The summed E-state index contributed by atoms with van der Waals surface area (Å²) in [7, 11) is 0. The van der Waals surface area contributed by atoms with Crippen LogP contribution < -0.4 is 16.4 Å². The van der Waals surface area contributed by atoms with E-state index < -0.39 is 0 Å². The summed E-state index contributed by atoms with van der Waals surface area (Å²) in [5, 5.41) is 5.60. The summed E-state index contributed by atoms with van der Waals surface area (Å²) in [6.45, 7) is 0.0359. The lowest BCUT2D eigenvalue weighted by Crippen LogP contribution is -2.44. The van der Waals surface area contributed by atoms with Crippen LogP contribution in [0.15, 0.2) is 30.3 Å². The first-order chi connectivity index (χ1) is 10.1. The van der Waals surface area contributed by atoms with E-state index >= 15 is 0 Å². The Kier molecular flexibility index (Phi) is 5.75. The third-order valence-corrected chi connectivity index (χ3v) is 3.79. The molecule has 1 aliphatic rings. The zero-order chi connectivity index (χ0) is 15.1. The Morgan fingerprint density at radius 3 is 2.38 bits per heavy atom. The molecule has 2 amide bonds. The van der Waals surface area contributed by atoms with Gasteiger partial charge in [0.25, 0.3) is 0 Å². The van der Waals surface area contributed by atoms with Crippen LogP contribution in [-0.4, -0.2) is 30.4 Å². The van der Waals surface area contributed by atoms with E-state index in [1.165, 1.54) is 0 Å². The highest BCUT2D eigenvalue weighted by atomic mass is 16.2. The number of carbonyl (C=O) groups excluding carboxylic acids is 2. The molecule has 0 unspecified atom stereocenters. The minimum absolute atomic E-state index is 0.0359. The van der Waals surface area contributed by atoms with Crippen LogP contribution in [0.4, 0.5) is 0 Å². The van der Waals surface area contributed by atoms with Gasteiger partial charge < -0.3 is 16.4 Å². The maximum atomic E-state index is 11.8. The van der Waals surface area contributed by atoms with Crippen molar-refractivity contribution in [3.8, 4) is 0 Å². The molecule has 5 heteroatoms. The quantitative estimate of drug-likeness (QED) is 0.747. The third kappa shape index (κ3) is 5.55. The van der Waals surface area contributed by atoms with Crippen LogP contribution in [-0.2, 0) is 16.0 Å². The molecule has 0 aromatic heterocycles. The number of rotatable bonds is 5. The van der Waals surface area contributed by atoms with Crippen molar-refractivity contribution >= 4 is 11.8 Å². The summed E-state index contributed by atoms with van der Waals surface area (Å²) >= 11 is 0. The third-order valence-electron chi connectivity index (χ3n) is 3.79. The fourth-order valence-corrected chi connectivity index (χ4v) is 2.56. The van der Waals surface area contributed by atoms with E-state index in [0.717, 1.165) is 31.2 Å². The van der Waals surface area contributed by atoms with Crippen LogP contribution in [0.1, 0.15) is 31.2 Å². The van der Waals surface area contributed by atoms with E-state index in [1.54, 1.807) is 0 Å². The summed E-state index contributed by atoms with van der Waals surface area (Å²) in [6, 6.07) is 9.94. The molecule has 0 aliphatic heterocycles. The lowest BCUT2D eigenvalue weighted by Gasteiger charge is -2.26. The molecule has 1 fully saturated rings. The number of hydrogen-bond donors (Lipinski definition) is 3. The van der Waals surface area contributed by atoms with Crippen molar-refractivity contribution < 1.29 is 9.59 Å². The smallest absolute Gasteiger partial charge is 0.239 e. The van der Waals surface area contributed by atoms with Crippen molar-refractivity contribution in [1.29, 1.82) is 0 Å². The lowest BCUT2D eigenvalue weighted by molar-refractivity contribution is -0.126. The molecule has 0 atom stereocenters. The van der Waals surface area contributed by atoms with Gasteiger partial charge in [0.05, 0.1) is 13.0 Å². The average Bonchev–Trinajstić information content (AvgIpc) is 2.49. The van der Waals surface area contributed by atoms with Gasteiger partial charge in [-0.05, 0) is 31.2 Å². The monoisotopic (exact) mass is 289 g/mol.